The largest absolute Gasteiger partial charge is 0.494 e. The Labute approximate surface area is 169 Å². The summed E-state index contributed by atoms with van der Waals surface area (Å²) in [4.78, 5) is 16.5. The zero-order valence-electron chi connectivity index (χ0n) is 15.8. The summed E-state index contributed by atoms with van der Waals surface area (Å²) in [5, 5.41) is 2.70. The van der Waals surface area contributed by atoms with Crippen molar-refractivity contribution in [2.75, 3.05) is 18.6 Å². The normalized spacial score (nSPS) is 15.7. The Bertz CT molecular complexity index is 1080. The Kier molecular flexibility index (Phi) is 4.84. The summed E-state index contributed by atoms with van der Waals surface area (Å²) in [6.45, 7) is 2.54. The van der Waals surface area contributed by atoms with Gasteiger partial charge in [0.15, 0.2) is 5.11 Å². The van der Waals surface area contributed by atoms with Crippen LogP contribution < -0.4 is 9.64 Å². The van der Waals surface area contributed by atoms with Crippen molar-refractivity contribution in [3.63, 3.8) is 0 Å². The monoisotopic (exact) mass is 388 g/mol. The molecule has 0 atom stereocenters. The Hall–Kier alpha value is -3.18. The van der Waals surface area contributed by atoms with Crippen molar-refractivity contribution in [1.29, 1.82) is 0 Å². The van der Waals surface area contributed by atoms with Crippen LogP contribution in [0.25, 0.3) is 16.8 Å². The average molecular weight is 388 g/mol. The van der Waals surface area contributed by atoms with Crippen molar-refractivity contribution in [2.45, 2.75) is 6.92 Å². The van der Waals surface area contributed by atoms with E-state index in [1.54, 1.807) is 9.80 Å². The molecule has 28 heavy (non-hydrogen) atoms. The molecular weight excluding hydrogens is 368 g/mol. The molecule has 1 aliphatic rings. The summed E-state index contributed by atoms with van der Waals surface area (Å²) in [6, 6.07) is 21.6. The zero-order valence-corrected chi connectivity index (χ0v) is 16.6. The van der Waals surface area contributed by atoms with E-state index in [2.05, 4.69) is 18.2 Å². The number of carbonyl (C=O) groups is 1. The van der Waals surface area contributed by atoms with E-state index in [1.807, 2.05) is 68.6 Å². The molecule has 1 aliphatic heterocycles. The van der Waals surface area contributed by atoms with Gasteiger partial charge in [0.25, 0.3) is 5.91 Å². The standard InChI is InChI=1S/C23H20N2O2S/c1-3-27-19-13-11-18(12-14-19)25-22(26)21(24(2)23(25)28)15-17-9-6-8-16-7-4-5-10-20(16)17/h4-15H,3H2,1-2H3/b21-15-. The van der Waals surface area contributed by atoms with Gasteiger partial charge in [-0.3, -0.25) is 9.69 Å². The van der Waals surface area contributed by atoms with Gasteiger partial charge in [0.1, 0.15) is 11.4 Å². The molecule has 1 heterocycles. The fourth-order valence-electron chi connectivity index (χ4n) is 3.37. The number of hydrogen-bond donors (Lipinski definition) is 0. The van der Waals surface area contributed by atoms with Gasteiger partial charge >= 0.3 is 0 Å². The molecule has 1 saturated heterocycles. The number of rotatable bonds is 4. The first-order chi connectivity index (χ1) is 13.6. The molecule has 4 nitrogen and oxygen atoms in total. The van der Waals surface area contributed by atoms with E-state index >= 15 is 0 Å². The van der Waals surface area contributed by atoms with Gasteiger partial charge in [0.05, 0.1) is 12.3 Å². The van der Waals surface area contributed by atoms with Crippen LogP contribution in [-0.4, -0.2) is 29.6 Å². The molecule has 0 spiro atoms. The van der Waals surface area contributed by atoms with Gasteiger partial charge in [0.2, 0.25) is 0 Å². The molecule has 0 N–H and O–H groups in total. The third-order valence-electron chi connectivity index (χ3n) is 4.78. The average Bonchev–Trinajstić information content (AvgIpc) is 2.92. The maximum atomic E-state index is 13.2. The van der Waals surface area contributed by atoms with Crippen LogP contribution in [0.2, 0.25) is 0 Å². The molecule has 5 heteroatoms. The number of amides is 1. The van der Waals surface area contributed by atoms with Gasteiger partial charge in [-0.2, -0.15) is 0 Å². The van der Waals surface area contributed by atoms with E-state index in [4.69, 9.17) is 17.0 Å². The van der Waals surface area contributed by atoms with Crippen molar-refractivity contribution in [3.8, 4) is 5.75 Å². The van der Waals surface area contributed by atoms with Crippen LogP contribution in [-0.2, 0) is 4.79 Å². The lowest BCUT2D eigenvalue weighted by Crippen LogP contribution is -2.31. The smallest absolute Gasteiger partial charge is 0.281 e. The van der Waals surface area contributed by atoms with Gasteiger partial charge in [-0.1, -0.05) is 42.5 Å². The molecule has 0 radical (unpaired) electrons. The summed E-state index contributed by atoms with van der Waals surface area (Å²) >= 11 is 5.55. The molecule has 0 unspecified atom stereocenters. The number of anilines is 1. The number of hydrogen-bond acceptors (Lipinski definition) is 3. The fourth-order valence-corrected chi connectivity index (χ4v) is 3.65. The molecule has 140 valence electrons. The van der Waals surface area contributed by atoms with Crippen LogP contribution in [0.1, 0.15) is 12.5 Å². The van der Waals surface area contributed by atoms with E-state index in [0.29, 0.717) is 17.4 Å². The highest BCUT2D eigenvalue weighted by Crippen LogP contribution is 2.30. The van der Waals surface area contributed by atoms with E-state index in [0.717, 1.165) is 27.8 Å². The summed E-state index contributed by atoms with van der Waals surface area (Å²) in [6.07, 6.45) is 1.91. The van der Waals surface area contributed by atoms with E-state index in [-0.39, 0.29) is 5.91 Å². The summed E-state index contributed by atoms with van der Waals surface area (Å²) in [7, 11) is 1.83. The second-order valence-electron chi connectivity index (χ2n) is 6.51. The first kappa shape index (κ1) is 18.2. The number of carbonyl (C=O) groups excluding carboxylic acids is 1. The molecule has 3 aromatic rings. The minimum absolute atomic E-state index is 0.135. The molecule has 4 rings (SSSR count). The molecule has 3 aromatic carbocycles. The highest BCUT2D eigenvalue weighted by Gasteiger charge is 2.36. The van der Waals surface area contributed by atoms with E-state index in [9.17, 15) is 4.79 Å². The zero-order chi connectivity index (χ0) is 19.7. The Balaban J connectivity index is 1.72. The lowest BCUT2D eigenvalue weighted by molar-refractivity contribution is -0.114. The molecule has 0 aromatic heterocycles. The molecular formula is C23H20N2O2S. The van der Waals surface area contributed by atoms with Crippen LogP contribution in [0.15, 0.2) is 72.4 Å². The summed E-state index contributed by atoms with van der Waals surface area (Å²) < 4.78 is 5.48. The number of benzene rings is 3. The molecule has 1 fully saturated rings. The van der Waals surface area contributed by atoms with Crippen molar-refractivity contribution in [1.82, 2.24) is 4.90 Å². The van der Waals surface area contributed by atoms with Crippen molar-refractivity contribution >= 4 is 45.8 Å². The van der Waals surface area contributed by atoms with Crippen LogP contribution in [0.5, 0.6) is 5.75 Å². The van der Waals surface area contributed by atoms with E-state index < -0.39 is 0 Å². The van der Waals surface area contributed by atoms with Gasteiger partial charge in [-0.25, -0.2) is 0 Å². The first-order valence-electron chi connectivity index (χ1n) is 9.14. The SMILES string of the molecule is CCOc1ccc(N2C(=O)/C(=C/c3cccc4ccccc34)N(C)C2=S)cc1. The third kappa shape index (κ3) is 3.14. The van der Waals surface area contributed by atoms with Crippen LogP contribution in [0.3, 0.4) is 0 Å². The van der Waals surface area contributed by atoms with Crippen molar-refractivity contribution in [3.05, 3.63) is 78.0 Å². The molecule has 0 aliphatic carbocycles. The topological polar surface area (TPSA) is 32.8 Å². The highest BCUT2D eigenvalue weighted by atomic mass is 32.1. The van der Waals surface area contributed by atoms with Gasteiger partial charge in [-0.15, -0.1) is 0 Å². The maximum absolute atomic E-state index is 13.2. The van der Waals surface area contributed by atoms with Gasteiger partial charge in [0, 0.05) is 7.05 Å². The summed E-state index contributed by atoms with van der Waals surface area (Å²) in [5.74, 6) is 0.633. The summed E-state index contributed by atoms with van der Waals surface area (Å²) in [5.41, 5.74) is 2.27. The first-order valence-corrected chi connectivity index (χ1v) is 9.55. The Morgan fingerprint density at radius 3 is 2.46 bits per heavy atom. The number of likely N-dealkylation sites (N-methyl/N-ethyl adjacent to an activating group) is 1. The number of nitrogens with zero attached hydrogens (tertiary/aromatic N) is 2. The predicted molar refractivity (Wildman–Crippen MR) is 117 cm³/mol. The lowest BCUT2D eigenvalue weighted by atomic mass is 10.0. The quantitative estimate of drug-likeness (QED) is 0.473. The maximum Gasteiger partial charge on any atom is 0.281 e. The Morgan fingerprint density at radius 2 is 1.71 bits per heavy atom. The number of fused-ring (bicyclic) bond motifs is 1. The second-order valence-corrected chi connectivity index (χ2v) is 6.87. The van der Waals surface area contributed by atoms with Crippen molar-refractivity contribution < 1.29 is 9.53 Å². The van der Waals surface area contributed by atoms with Crippen LogP contribution in [0, 0.1) is 0 Å². The van der Waals surface area contributed by atoms with Crippen LogP contribution in [0.4, 0.5) is 5.69 Å². The minimum atomic E-state index is -0.135. The van der Waals surface area contributed by atoms with Gasteiger partial charge in [-0.05, 0) is 65.8 Å². The fraction of sp³-hybridized carbons (Fsp3) is 0.130. The lowest BCUT2D eigenvalue weighted by Gasteiger charge is -2.16. The second kappa shape index (κ2) is 7.44. The highest BCUT2D eigenvalue weighted by molar-refractivity contribution is 7.80. The molecule has 1 amide bonds. The van der Waals surface area contributed by atoms with Crippen LogP contribution >= 0.6 is 12.2 Å². The number of ether oxygens (including phenoxy) is 1. The minimum Gasteiger partial charge on any atom is -0.494 e. The van der Waals surface area contributed by atoms with E-state index in [1.165, 1.54) is 0 Å². The third-order valence-corrected chi connectivity index (χ3v) is 5.24. The predicted octanol–water partition coefficient (Wildman–Crippen LogP) is 4.84. The van der Waals surface area contributed by atoms with Crippen molar-refractivity contribution in [2.24, 2.45) is 0 Å². The number of thiocarbonyl (C=S) groups is 1. The van der Waals surface area contributed by atoms with Gasteiger partial charge < -0.3 is 9.64 Å². The molecule has 0 bridgehead atoms. The Morgan fingerprint density at radius 1 is 1.00 bits per heavy atom. The molecule has 0 saturated carbocycles.